The number of halogens is 1. The topological polar surface area (TPSA) is 29.1 Å². The third-order valence-corrected chi connectivity index (χ3v) is 3.76. The summed E-state index contributed by atoms with van der Waals surface area (Å²) in [5.41, 5.74) is 4.17. The summed E-state index contributed by atoms with van der Waals surface area (Å²) in [4.78, 5) is 12.0. The highest BCUT2D eigenvalue weighted by Gasteiger charge is 2.05. The van der Waals surface area contributed by atoms with Gasteiger partial charge in [-0.05, 0) is 37.1 Å². The number of carbonyl (C=O) groups excluding carboxylic acids is 1. The molecule has 2 aromatic carbocycles. The number of hydrogen-bond donors (Lipinski definition) is 1. The minimum atomic E-state index is 0.00125. The summed E-state index contributed by atoms with van der Waals surface area (Å²) >= 11 is 3.46. The molecule has 0 saturated heterocycles. The molecule has 0 saturated carbocycles. The standard InChI is InChI=1S/C16H16BrNO/c1-11-4-3-5-13(8-11)9-16(19)18-14-7-6-12(2)15(17)10-14/h3-8,10H,9H2,1-2H3,(H,18,19). The van der Waals surface area contributed by atoms with E-state index in [1.165, 1.54) is 5.56 Å². The van der Waals surface area contributed by atoms with Crippen molar-refractivity contribution in [2.24, 2.45) is 0 Å². The molecule has 3 heteroatoms. The average Bonchev–Trinajstić information content (AvgIpc) is 2.34. The third-order valence-electron chi connectivity index (χ3n) is 2.90. The SMILES string of the molecule is Cc1cccc(CC(=O)Nc2ccc(C)c(Br)c2)c1. The highest BCUT2D eigenvalue weighted by molar-refractivity contribution is 9.10. The number of amides is 1. The van der Waals surface area contributed by atoms with E-state index in [1.54, 1.807) is 0 Å². The van der Waals surface area contributed by atoms with Crippen LogP contribution < -0.4 is 5.32 Å². The van der Waals surface area contributed by atoms with Gasteiger partial charge in [0.15, 0.2) is 0 Å². The first-order chi connectivity index (χ1) is 9.04. The van der Waals surface area contributed by atoms with Gasteiger partial charge in [0.1, 0.15) is 0 Å². The van der Waals surface area contributed by atoms with E-state index in [2.05, 4.69) is 21.2 Å². The quantitative estimate of drug-likeness (QED) is 0.901. The summed E-state index contributed by atoms with van der Waals surface area (Å²) < 4.78 is 1.00. The Bertz CT molecular complexity index is 607. The maximum atomic E-state index is 12.0. The molecule has 0 aliphatic carbocycles. The molecule has 98 valence electrons. The minimum Gasteiger partial charge on any atom is -0.326 e. The molecule has 2 nitrogen and oxygen atoms in total. The van der Waals surface area contributed by atoms with Crippen LogP contribution in [0.15, 0.2) is 46.9 Å². The van der Waals surface area contributed by atoms with Crippen LogP contribution >= 0.6 is 15.9 Å². The Morgan fingerprint density at radius 3 is 2.63 bits per heavy atom. The first-order valence-corrected chi connectivity index (χ1v) is 6.95. The van der Waals surface area contributed by atoms with Gasteiger partial charge in [-0.3, -0.25) is 4.79 Å². The molecule has 19 heavy (non-hydrogen) atoms. The van der Waals surface area contributed by atoms with Crippen LogP contribution in [0.4, 0.5) is 5.69 Å². The number of anilines is 1. The van der Waals surface area contributed by atoms with Gasteiger partial charge in [0.2, 0.25) is 5.91 Å². The van der Waals surface area contributed by atoms with Gasteiger partial charge in [-0.1, -0.05) is 51.8 Å². The first-order valence-electron chi connectivity index (χ1n) is 6.16. The van der Waals surface area contributed by atoms with E-state index in [4.69, 9.17) is 0 Å². The van der Waals surface area contributed by atoms with Crippen molar-refractivity contribution < 1.29 is 4.79 Å². The van der Waals surface area contributed by atoms with E-state index in [0.717, 1.165) is 21.3 Å². The van der Waals surface area contributed by atoms with Crippen molar-refractivity contribution >= 4 is 27.5 Å². The van der Waals surface area contributed by atoms with Crippen LogP contribution in [0.1, 0.15) is 16.7 Å². The van der Waals surface area contributed by atoms with Gasteiger partial charge in [-0.15, -0.1) is 0 Å². The van der Waals surface area contributed by atoms with Crippen molar-refractivity contribution in [1.29, 1.82) is 0 Å². The predicted molar refractivity (Wildman–Crippen MR) is 82.4 cm³/mol. The van der Waals surface area contributed by atoms with E-state index in [1.807, 2.05) is 56.3 Å². The normalized spacial score (nSPS) is 10.3. The fourth-order valence-electron chi connectivity index (χ4n) is 1.88. The lowest BCUT2D eigenvalue weighted by molar-refractivity contribution is -0.115. The molecule has 0 atom stereocenters. The molecule has 0 radical (unpaired) electrons. The van der Waals surface area contributed by atoms with E-state index in [9.17, 15) is 4.79 Å². The highest BCUT2D eigenvalue weighted by Crippen LogP contribution is 2.20. The molecule has 2 rings (SSSR count). The van der Waals surface area contributed by atoms with Gasteiger partial charge < -0.3 is 5.32 Å². The van der Waals surface area contributed by atoms with Crippen molar-refractivity contribution in [3.63, 3.8) is 0 Å². The number of rotatable bonds is 3. The molecule has 0 spiro atoms. The number of nitrogens with one attached hydrogen (secondary N) is 1. The van der Waals surface area contributed by atoms with Crippen molar-refractivity contribution in [3.8, 4) is 0 Å². The van der Waals surface area contributed by atoms with Crippen LogP contribution in [-0.2, 0) is 11.2 Å². The van der Waals surface area contributed by atoms with Gasteiger partial charge in [0.05, 0.1) is 6.42 Å². The van der Waals surface area contributed by atoms with Crippen LogP contribution in [-0.4, -0.2) is 5.91 Å². The fraction of sp³-hybridized carbons (Fsp3) is 0.188. The molecule has 1 N–H and O–H groups in total. The molecule has 0 aliphatic rings. The van der Waals surface area contributed by atoms with Gasteiger partial charge in [0.25, 0.3) is 0 Å². The van der Waals surface area contributed by atoms with Crippen LogP contribution in [0.5, 0.6) is 0 Å². The molecular formula is C16H16BrNO. The lowest BCUT2D eigenvalue weighted by atomic mass is 10.1. The molecule has 0 unspecified atom stereocenters. The van der Waals surface area contributed by atoms with E-state index >= 15 is 0 Å². The maximum Gasteiger partial charge on any atom is 0.228 e. The highest BCUT2D eigenvalue weighted by atomic mass is 79.9. The first kappa shape index (κ1) is 13.8. The van der Waals surface area contributed by atoms with Gasteiger partial charge in [-0.25, -0.2) is 0 Å². The van der Waals surface area contributed by atoms with Gasteiger partial charge >= 0.3 is 0 Å². The Hall–Kier alpha value is -1.61. The zero-order chi connectivity index (χ0) is 13.8. The molecule has 0 bridgehead atoms. The zero-order valence-electron chi connectivity index (χ0n) is 11.0. The largest absolute Gasteiger partial charge is 0.326 e. The lowest BCUT2D eigenvalue weighted by Gasteiger charge is -2.07. The number of aryl methyl sites for hydroxylation is 2. The van der Waals surface area contributed by atoms with Crippen LogP contribution in [0, 0.1) is 13.8 Å². The third kappa shape index (κ3) is 3.93. The second-order valence-electron chi connectivity index (χ2n) is 4.68. The minimum absolute atomic E-state index is 0.00125. The molecule has 0 heterocycles. The predicted octanol–water partition coefficient (Wildman–Crippen LogP) is 4.25. The smallest absolute Gasteiger partial charge is 0.228 e. The van der Waals surface area contributed by atoms with Crippen LogP contribution in [0.3, 0.4) is 0 Å². The molecule has 1 amide bonds. The van der Waals surface area contributed by atoms with Crippen molar-refractivity contribution in [2.75, 3.05) is 5.32 Å². The van der Waals surface area contributed by atoms with Crippen molar-refractivity contribution in [3.05, 3.63) is 63.6 Å². The molecule has 2 aromatic rings. The second kappa shape index (κ2) is 6.02. The summed E-state index contributed by atoms with van der Waals surface area (Å²) in [6, 6.07) is 13.8. The summed E-state index contributed by atoms with van der Waals surface area (Å²) in [5.74, 6) is 0.00125. The van der Waals surface area contributed by atoms with Crippen LogP contribution in [0.25, 0.3) is 0 Å². The maximum absolute atomic E-state index is 12.0. The lowest BCUT2D eigenvalue weighted by Crippen LogP contribution is -2.14. The fourth-order valence-corrected chi connectivity index (χ4v) is 2.26. The average molecular weight is 318 g/mol. The Morgan fingerprint density at radius 2 is 1.95 bits per heavy atom. The van der Waals surface area contributed by atoms with Crippen LogP contribution in [0.2, 0.25) is 0 Å². The molecular weight excluding hydrogens is 302 g/mol. The van der Waals surface area contributed by atoms with E-state index < -0.39 is 0 Å². The summed E-state index contributed by atoms with van der Waals surface area (Å²) in [6.07, 6.45) is 0.396. The van der Waals surface area contributed by atoms with Gasteiger partial charge in [-0.2, -0.15) is 0 Å². The molecule has 0 fully saturated rings. The van der Waals surface area contributed by atoms with Crippen molar-refractivity contribution in [1.82, 2.24) is 0 Å². The Kier molecular flexibility index (Phi) is 4.38. The summed E-state index contributed by atoms with van der Waals surface area (Å²) in [5, 5.41) is 2.91. The number of hydrogen-bond acceptors (Lipinski definition) is 1. The zero-order valence-corrected chi connectivity index (χ0v) is 12.6. The Balaban J connectivity index is 2.03. The number of benzene rings is 2. The summed E-state index contributed by atoms with van der Waals surface area (Å²) in [6.45, 7) is 4.04. The van der Waals surface area contributed by atoms with E-state index in [-0.39, 0.29) is 5.91 Å². The second-order valence-corrected chi connectivity index (χ2v) is 5.53. The summed E-state index contributed by atoms with van der Waals surface area (Å²) in [7, 11) is 0. The molecule has 0 aliphatic heterocycles. The van der Waals surface area contributed by atoms with Gasteiger partial charge in [0, 0.05) is 10.2 Å². The Labute approximate surface area is 122 Å². The number of carbonyl (C=O) groups is 1. The van der Waals surface area contributed by atoms with Crippen molar-refractivity contribution in [2.45, 2.75) is 20.3 Å². The van der Waals surface area contributed by atoms with E-state index in [0.29, 0.717) is 6.42 Å². The monoisotopic (exact) mass is 317 g/mol. The molecule has 0 aromatic heterocycles. The Morgan fingerprint density at radius 1 is 1.16 bits per heavy atom.